The van der Waals surface area contributed by atoms with Crippen LogP contribution in [0, 0.1) is 11.6 Å². The Balaban J connectivity index is 1.82. The molecule has 0 aliphatic carbocycles. The summed E-state index contributed by atoms with van der Waals surface area (Å²) in [5, 5.41) is 13.7. The van der Waals surface area contributed by atoms with Crippen LogP contribution in [0.2, 0.25) is 0 Å². The van der Waals surface area contributed by atoms with Crippen LogP contribution in [-0.2, 0) is 0 Å². The first-order chi connectivity index (χ1) is 12.0. The Morgan fingerprint density at radius 2 is 1.76 bits per heavy atom. The maximum Gasteiger partial charge on any atom is 0.249 e. The Bertz CT molecular complexity index is 883. The van der Waals surface area contributed by atoms with Gasteiger partial charge in [-0.3, -0.25) is 0 Å². The average molecular weight is 341 g/mol. The van der Waals surface area contributed by atoms with Crippen LogP contribution >= 0.6 is 0 Å². The molecule has 0 saturated carbocycles. The molecule has 0 amide bonds. The summed E-state index contributed by atoms with van der Waals surface area (Å²) in [6.07, 6.45) is 1.36. The second-order valence-electron chi connectivity index (χ2n) is 5.78. The van der Waals surface area contributed by atoms with Gasteiger partial charge in [0.1, 0.15) is 11.6 Å². The second-order valence-corrected chi connectivity index (χ2v) is 5.78. The third-order valence-corrected chi connectivity index (χ3v) is 3.58. The van der Waals surface area contributed by atoms with Crippen molar-refractivity contribution in [3.63, 3.8) is 0 Å². The number of aromatic nitrogens is 3. The molecule has 0 unspecified atom stereocenters. The van der Waals surface area contributed by atoms with Crippen molar-refractivity contribution in [2.24, 2.45) is 0 Å². The topological polar surface area (TPSA) is 62.7 Å². The Labute approximate surface area is 144 Å². The van der Waals surface area contributed by atoms with E-state index in [2.05, 4.69) is 39.7 Å². The van der Waals surface area contributed by atoms with Gasteiger partial charge in [-0.05, 0) is 29.7 Å². The van der Waals surface area contributed by atoms with Crippen LogP contribution in [0.25, 0.3) is 0 Å². The molecule has 0 atom stereocenters. The van der Waals surface area contributed by atoms with E-state index in [9.17, 15) is 8.78 Å². The Morgan fingerprint density at radius 3 is 2.52 bits per heavy atom. The normalized spacial score (nSPS) is 10.8. The number of hydrogen-bond acceptors (Lipinski definition) is 5. The smallest absolute Gasteiger partial charge is 0.249 e. The predicted octanol–water partition coefficient (Wildman–Crippen LogP) is 4.76. The number of halogens is 2. The molecular weight excluding hydrogens is 324 g/mol. The molecule has 0 spiro atoms. The molecule has 25 heavy (non-hydrogen) atoms. The number of anilines is 4. The van der Waals surface area contributed by atoms with Crippen molar-refractivity contribution in [2.45, 2.75) is 19.8 Å². The standard InChI is InChI=1S/C18H17F2N5/c1-11(2)13-5-3-4-6-15(13)23-18-24-17(10-21-25-18)22-16-8-7-12(19)9-14(16)20/h3-11H,1-2H3,(H2,22,23,24,25). The third kappa shape index (κ3) is 4.06. The minimum Gasteiger partial charge on any atom is -0.336 e. The lowest BCUT2D eigenvalue weighted by molar-refractivity contribution is 0.586. The van der Waals surface area contributed by atoms with E-state index >= 15 is 0 Å². The SMILES string of the molecule is CC(C)c1ccccc1Nc1nncc(Nc2ccc(F)cc2F)n1. The Hall–Kier alpha value is -3.09. The number of para-hydroxylation sites is 1. The van der Waals surface area contributed by atoms with Gasteiger partial charge < -0.3 is 10.6 Å². The van der Waals surface area contributed by atoms with Crippen molar-refractivity contribution in [3.05, 3.63) is 65.9 Å². The molecular formula is C18H17F2N5. The van der Waals surface area contributed by atoms with E-state index in [1.54, 1.807) is 0 Å². The molecule has 0 aliphatic heterocycles. The lowest BCUT2D eigenvalue weighted by atomic mass is 10.0. The van der Waals surface area contributed by atoms with E-state index in [0.29, 0.717) is 11.7 Å². The summed E-state index contributed by atoms with van der Waals surface area (Å²) >= 11 is 0. The van der Waals surface area contributed by atoms with E-state index in [-0.39, 0.29) is 11.6 Å². The molecule has 128 valence electrons. The van der Waals surface area contributed by atoms with Crippen molar-refractivity contribution < 1.29 is 8.78 Å². The van der Waals surface area contributed by atoms with Crippen LogP contribution in [0.15, 0.2) is 48.7 Å². The van der Waals surface area contributed by atoms with Gasteiger partial charge in [0.2, 0.25) is 5.95 Å². The Kier molecular flexibility index (Phi) is 4.83. The highest BCUT2D eigenvalue weighted by atomic mass is 19.1. The lowest BCUT2D eigenvalue weighted by Gasteiger charge is -2.13. The van der Waals surface area contributed by atoms with E-state index in [0.717, 1.165) is 23.4 Å². The summed E-state index contributed by atoms with van der Waals surface area (Å²) in [6.45, 7) is 4.18. The Morgan fingerprint density at radius 1 is 0.960 bits per heavy atom. The number of rotatable bonds is 5. The molecule has 5 nitrogen and oxygen atoms in total. The minimum atomic E-state index is -0.710. The van der Waals surface area contributed by atoms with Crippen LogP contribution < -0.4 is 10.6 Å². The summed E-state index contributed by atoms with van der Waals surface area (Å²) in [4.78, 5) is 4.27. The highest BCUT2D eigenvalue weighted by molar-refractivity contribution is 5.61. The summed E-state index contributed by atoms with van der Waals surface area (Å²) in [5.74, 6) is -0.452. The van der Waals surface area contributed by atoms with Crippen LogP contribution in [-0.4, -0.2) is 15.2 Å². The van der Waals surface area contributed by atoms with Gasteiger partial charge in [0.25, 0.3) is 0 Å². The molecule has 3 aromatic rings. The molecule has 0 bridgehead atoms. The van der Waals surface area contributed by atoms with Crippen molar-refractivity contribution in [1.29, 1.82) is 0 Å². The highest BCUT2D eigenvalue weighted by Gasteiger charge is 2.09. The quantitative estimate of drug-likeness (QED) is 0.700. The molecule has 0 fully saturated rings. The molecule has 2 aromatic carbocycles. The van der Waals surface area contributed by atoms with Gasteiger partial charge in [0, 0.05) is 11.8 Å². The molecule has 0 saturated heterocycles. The van der Waals surface area contributed by atoms with Gasteiger partial charge in [-0.15, -0.1) is 5.10 Å². The molecule has 1 aromatic heterocycles. The third-order valence-electron chi connectivity index (χ3n) is 3.58. The van der Waals surface area contributed by atoms with Crippen molar-refractivity contribution in [3.8, 4) is 0 Å². The zero-order valence-electron chi connectivity index (χ0n) is 13.8. The van der Waals surface area contributed by atoms with Crippen LogP contribution in [0.1, 0.15) is 25.3 Å². The van der Waals surface area contributed by atoms with E-state index in [1.165, 1.54) is 12.3 Å². The zero-order valence-corrected chi connectivity index (χ0v) is 13.8. The van der Waals surface area contributed by atoms with Gasteiger partial charge in [-0.2, -0.15) is 10.1 Å². The molecule has 2 N–H and O–H groups in total. The van der Waals surface area contributed by atoms with Crippen molar-refractivity contribution in [2.75, 3.05) is 10.6 Å². The van der Waals surface area contributed by atoms with Crippen LogP contribution in [0.3, 0.4) is 0 Å². The number of nitrogens with one attached hydrogen (secondary N) is 2. The first kappa shape index (κ1) is 16.8. The van der Waals surface area contributed by atoms with Crippen LogP contribution in [0.5, 0.6) is 0 Å². The van der Waals surface area contributed by atoms with Gasteiger partial charge in [0.15, 0.2) is 5.82 Å². The molecule has 7 heteroatoms. The largest absolute Gasteiger partial charge is 0.336 e. The molecule has 0 aliphatic rings. The second kappa shape index (κ2) is 7.21. The monoisotopic (exact) mass is 341 g/mol. The maximum atomic E-state index is 13.7. The lowest BCUT2D eigenvalue weighted by Crippen LogP contribution is -2.05. The maximum absolute atomic E-state index is 13.7. The van der Waals surface area contributed by atoms with Gasteiger partial charge in [-0.1, -0.05) is 32.0 Å². The highest BCUT2D eigenvalue weighted by Crippen LogP contribution is 2.26. The molecule has 3 rings (SSSR count). The first-order valence-electron chi connectivity index (χ1n) is 7.80. The predicted molar refractivity (Wildman–Crippen MR) is 93.3 cm³/mol. The summed E-state index contributed by atoms with van der Waals surface area (Å²) in [5.41, 5.74) is 2.11. The molecule has 1 heterocycles. The van der Waals surface area contributed by atoms with E-state index in [1.807, 2.05) is 24.3 Å². The summed E-state index contributed by atoms with van der Waals surface area (Å²) < 4.78 is 26.7. The summed E-state index contributed by atoms with van der Waals surface area (Å²) in [6, 6.07) is 11.1. The van der Waals surface area contributed by atoms with Crippen molar-refractivity contribution in [1.82, 2.24) is 15.2 Å². The average Bonchev–Trinajstić information content (AvgIpc) is 2.58. The van der Waals surface area contributed by atoms with Gasteiger partial charge >= 0.3 is 0 Å². The fraction of sp³-hybridized carbons (Fsp3) is 0.167. The zero-order chi connectivity index (χ0) is 17.8. The van der Waals surface area contributed by atoms with Gasteiger partial charge in [-0.25, -0.2) is 8.78 Å². The van der Waals surface area contributed by atoms with E-state index in [4.69, 9.17) is 0 Å². The fourth-order valence-corrected chi connectivity index (χ4v) is 2.38. The number of benzene rings is 2. The number of nitrogens with zero attached hydrogens (tertiary/aromatic N) is 3. The minimum absolute atomic E-state index is 0.107. The van der Waals surface area contributed by atoms with E-state index < -0.39 is 11.6 Å². The van der Waals surface area contributed by atoms with Crippen LogP contribution in [0.4, 0.5) is 31.9 Å². The fourth-order valence-electron chi connectivity index (χ4n) is 2.38. The number of hydrogen-bond donors (Lipinski definition) is 2. The molecule has 0 radical (unpaired) electrons. The first-order valence-corrected chi connectivity index (χ1v) is 7.80. The summed E-state index contributed by atoms with van der Waals surface area (Å²) in [7, 11) is 0. The van der Waals surface area contributed by atoms with Crippen molar-refractivity contribution >= 4 is 23.1 Å². The van der Waals surface area contributed by atoms with Gasteiger partial charge in [0.05, 0.1) is 11.9 Å².